The van der Waals surface area contributed by atoms with Gasteiger partial charge in [0.15, 0.2) is 0 Å². The van der Waals surface area contributed by atoms with E-state index in [1.807, 2.05) is 24.5 Å². The molecule has 0 aliphatic heterocycles. The fraction of sp³-hybridized carbons (Fsp3) is 0.273. The Balaban J connectivity index is 2.83. The van der Waals surface area contributed by atoms with Crippen LogP contribution in [-0.2, 0) is 16.0 Å². The number of hydrazine groups is 1. The van der Waals surface area contributed by atoms with Crippen LogP contribution in [0.25, 0.3) is 0 Å². The van der Waals surface area contributed by atoms with Crippen molar-refractivity contribution in [3.63, 3.8) is 0 Å². The summed E-state index contributed by atoms with van der Waals surface area (Å²) in [6.45, 7) is 2.05. The van der Waals surface area contributed by atoms with Crippen molar-refractivity contribution in [2.24, 2.45) is 5.84 Å². The maximum atomic E-state index is 11.5. The lowest BCUT2D eigenvalue weighted by molar-refractivity contribution is -0.137. The van der Waals surface area contributed by atoms with Crippen molar-refractivity contribution in [1.82, 2.24) is 5.43 Å². The summed E-state index contributed by atoms with van der Waals surface area (Å²) in [6.07, 6.45) is 0.932. The lowest BCUT2D eigenvalue weighted by Gasteiger charge is -2.16. The van der Waals surface area contributed by atoms with Crippen molar-refractivity contribution in [2.75, 3.05) is 11.9 Å². The monoisotopic (exact) mass is 221 g/mol. The number of carbonyl (C=O) groups is 2. The molecule has 86 valence electrons. The van der Waals surface area contributed by atoms with Gasteiger partial charge in [-0.05, 0) is 24.1 Å². The van der Waals surface area contributed by atoms with E-state index >= 15 is 0 Å². The van der Waals surface area contributed by atoms with Crippen LogP contribution in [0.15, 0.2) is 24.3 Å². The molecule has 0 fully saturated rings. The normalized spacial score (nSPS) is 9.69. The minimum absolute atomic E-state index is 0.658. The van der Waals surface area contributed by atoms with Gasteiger partial charge < -0.3 is 4.90 Å². The summed E-state index contributed by atoms with van der Waals surface area (Å²) in [7, 11) is 1.53. The first kappa shape index (κ1) is 12.2. The number of nitrogens with two attached hydrogens (primary N) is 1. The fourth-order valence-corrected chi connectivity index (χ4v) is 1.29. The van der Waals surface area contributed by atoms with Crippen LogP contribution >= 0.6 is 0 Å². The van der Waals surface area contributed by atoms with Crippen molar-refractivity contribution >= 4 is 17.5 Å². The van der Waals surface area contributed by atoms with Crippen molar-refractivity contribution in [3.05, 3.63) is 29.8 Å². The van der Waals surface area contributed by atoms with Gasteiger partial charge in [-0.3, -0.25) is 15.0 Å². The van der Waals surface area contributed by atoms with Gasteiger partial charge in [-0.25, -0.2) is 5.84 Å². The second-order valence-electron chi connectivity index (χ2n) is 3.36. The van der Waals surface area contributed by atoms with Crippen LogP contribution in [0, 0.1) is 0 Å². The fourth-order valence-electron chi connectivity index (χ4n) is 1.29. The van der Waals surface area contributed by atoms with Gasteiger partial charge >= 0.3 is 11.8 Å². The molecule has 1 rings (SSSR count). The number of rotatable bonds is 2. The molecule has 0 bridgehead atoms. The van der Waals surface area contributed by atoms with Gasteiger partial charge in [-0.15, -0.1) is 0 Å². The van der Waals surface area contributed by atoms with E-state index < -0.39 is 11.8 Å². The minimum Gasteiger partial charge on any atom is -0.307 e. The van der Waals surface area contributed by atoms with Crippen LogP contribution in [-0.4, -0.2) is 18.9 Å². The van der Waals surface area contributed by atoms with Crippen LogP contribution in [0.4, 0.5) is 5.69 Å². The standard InChI is InChI=1S/C11H15N3O2/c1-3-8-4-6-9(7-5-8)14(2)11(16)10(15)13-12/h4-7H,3,12H2,1-2H3,(H,13,15). The van der Waals surface area contributed by atoms with E-state index in [1.165, 1.54) is 17.5 Å². The van der Waals surface area contributed by atoms with Crippen LogP contribution < -0.4 is 16.2 Å². The van der Waals surface area contributed by atoms with Crippen LogP contribution in [0.3, 0.4) is 0 Å². The zero-order valence-corrected chi connectivity index (χ0v) is 9.36. The zero-order valence-electron chi connectivity index (χ0n) is 9.36. The van der Waals surface area contributed by atoms with Crippen molar-refractivity contribution < 1.29 is 9.59 Å². The Morgan fingerprint density at radius 1 is 1.31 bits per heavy atom. The summed E-state index contributed by atoms with van der Waals surface area (Å²) in [5.41, 5.74) is 3.64. The molecular formula is C11H15N3O2. The number of aryl methyl sites for hydroxylation is 1. The Hall–Kier alpha value is -1.88. The van der Waals surface area contributed by atoms with Crippen molar-refractivity contribution in [2.45, 2.75) is 13.3 Å². The predicted molar refractivity (Wildman–Crippen MR) is 61.6 cm³/mol. The van der Waals surface area contributed by atoms with Gasteiger partial charge in [-0.1, -0.05) is 19.1 Å². The van der Waals surface area contributed by atoms with Crippen molar-refractivity contribution in [1.29, 1.82) is 0 Å². The number of likely N-dealkylation sites (N-methyl/N-ethyl adjacent to an activating group) is 1. The molecule has 0 saturated heterocycles. The minimum atomic E-state index is -0.831. The molecule has 2 amide bonds. The van der Waals surface area contributed by atoms with E-state index in [0.717, 1.165) is 6.42 Å². The molecule has 3 N–H and O–H groups in total. The summed E-state index contributed by atoms with van der Waals surface area (Å²) < 4.78 is 0. The van der Waals surface area contributed by atoms with E-state index in [9.17, 15) is 9.59 Å². The highest BCUT2D eigenvalue weighted by molar-refractivity contribution is 6.40. The van der Waals surface area contributed by atoms with Gasteiger partial charge in [0.2, 0.25) is 0 Å². The quantitative estimate of drug-likeness (QED) is 0.324. The molecule has 0 aliphatic carbocycles. The molecule has 0 aromatic heterocycles. The second-order valence-corrected chi connectivity index (χ2v) is 3.36. The third kappa shape index (κ3) is 2.58. The molecule has 1 aromatic rings. The Morgan fingerprint density at radius 2 is 1.88 bits per heavy atom. The van der Waals surface area contributed by atoms with E-state index in [1.54, 1.807) is 12.1 Å². The number of hydrogen-bond acceptors (Lipinski definition) is 3. The average Bonchev–Trinajstić information content (AvgIpc) is 2.36. The first-order valence-corrected chi connectivity index (χ1v) is 4.97. The van der Waals surface area contributed by atoms with Gasteiger partial charge in [0.05, 0.1) is 0 Å². The summed E-state index contributed by atoms with van der Waals surface area (Å²) in [6, 6.07) is 7.42. The van der Waals surface area contributed by atoms with Crippen LogP contribution in [0.1, 0.15) is 12.5 Å². The highest BCUT2D eigenvalue weighted by Gasteiger charge is 2.18. The molecule has 0 unspecified atom stereocenters. The molecule has 5 nitrogen and oxygen atoms in total. The number of nitrogens with one attached hydrogen (secondary N) is 1. The summed E-state index contributed by atoms with van der Waals surface area (Å²) in [5, 5.41) is 0. The van der Waals surface area contributed by atoms with Crippen LogP contribution in [0.2, 0.25) is 0 Å². The van der Waals surface area contributed by atoms with Crippen molar-refractivity contribution in [3.8, 4) is 0 Å². The van der Waals surface area contributed by atoms with Gasteiger partial charge in [0, 0.05) is 12.7 Å². The summed E-state index contributed by atoms with van der Waals surface area (Å²) in [5.74, 6) is 3.37. The largest absolute Gasteiger partial charge is 0.323 e. The lowest BCUT2D eigenvalue weighted by atomic mass is 10.1. The van der Waals surface area contributed by atoms with Gasteiger partial charge in [0.1, 0.15) is 0 Å². The smallest absolute Gasteiger partial charge is 0.307 e. The number of anilines is 1. The molecule has 0 heterocycles. The third-order valence-corrected chi connectivity index (χ3v) is 2.36. The Morgan fingerprint density at radius 3 is 2.31 bits per heavy atom. The SMILES string of the molecule is CCc1ccc(N(C)C(=O)C(=O)NN)cc1. The van der Waals surface area contributed by atoms with Gasteiger partial charge in [-0.2, -0.15) is 0 Å². The molecule has 1 aromatic carbocycles. The number of nitrogens with zero attached hydrogens (tertiary/aromatic N) is 1. The zero-order chi connectivity index (χ0) is 12.1. The molecular weight excluding hydrogens is 206 g/mol. The number of benzene rings is 1. The number of amides is 2. The molecule has 5 heteroatoms. The predicted octanol–water partition coefficient (Wildman–Crippen LogP) is 0.202. The second kappa shape index (κ2) is 5.27. The third-order valence-electron chi connectivity index (χ3n) is 2.36. The number of hydrogen-bond donors (Lipinski definition) is 2. The van der Waals surface area contributed by atoms with E-state index in [-0.39, 0.29) is 0 Å². The molecule has 0 aliphatic rings. The number of carbonyl (C=O) groups excluding carboxylic acids is 2. The molecule has 0 atom stereocenters. The van der Waals surface area contributed by atoms with E-state index in [0.29, 0.717) is 5.69 Å². The summed E-state index contributed by atoms with van der Waals surface area (Å²) in [4.78, 5) is 23.7. The molecule has 0 spiro atoms. The Bertz CT molecular complexity index is 387. The summed E-state index contributed by atoms with van der Waals surface area (Å²) >= 11 is 0. The maximum absolute atomic E-state index is 11.5. The lowest BCUT2D eigenvalue weighted by Crippen LogP contribution is -2.44. The highest BCUT2D eigenvalue weighted by atomic mass is 16.2. The Labute approximate surface area is 94.2 Å². The maximum Gasteiger partial charge on any atom is 0.323 e. The van der Waals surface area contributed by atoms with E-state index in [4.69, 9.17) is 5.84 Å². The van der Waals surface area contributed by atoms with Crippen LogP contribution in [0.5, 0.6) is 0 Å². The molecule has 0 radical (unpaired) electrons. The molecule has 16 heavy (non-hydrogen) atoms. The van der Waals surface area contributed by atoms with E-state index in [2.05, 4.69) is 0 Å². The first-order chi connectivity index (χ1) is 7.60. The average molecular weight is 221 g/mol. The molecule has 0 saturated carbocycles. The van der Waals surface area contributed by atoms with Gasteiger partial charge in [0.25, 0.3) is 0 Å². The Kier molecular flexibility index (Phi) is 4.02. The first-order valence-electron chi connectivity index (χ1n) is 4.97. The topological polar surface area (TPSA) is 75.4 Å². The highest BCUT2D eigenvalue weighted by Crippen LogP contribution is 2.14.